The van der Waals surface area contributed by atoms with Crippen LogP contribution in [0, 0.1) is 5.92 Å². The lowest BCUT2D eigenvalue weighted by molar-refractivity contribution is -0.126. The van der Waals surface area contributed by atoms with Crippen molar-refractivity contribution < 1.29 is 19.2 Å². The zero-order valence-corrected chi connectivity index (χ0v) is 14.6. The topological polar surface area (TPSA) is 76.0 Å². The third-order valence-corrected chi connectivity index (χ3v) is 5.36. The molecule has 0 radical (unpaired) electrons. The minimum absolute atomic E-state index is 0.0774. The maximum atomic E-state index is 12.8. The molecule has 0 saturated carbocycles. The van der Waals surface area contributed by atoms with Gasteiger partial charge in [-0.15, -0.1) is 11.3 Å². The molecule has 0 N–H and O–H groups in total. The minimum Gasteiger partial charge on any atom is -0.381 e. The van der Waals surface area contributed by atoms with Gasteiger partial charge in [-0.05, 0) is 29.6 Å². The van der Waals surface area contributed by atoms with E-state index in [-0.39, 0.29) is 16.4 Å². The third kappa shape index (κ3) is 2.47. The fourth-order valence-electron chi connectivity index (χ4n) is 2.79. The quantitative estimate of drug-likeness (QED) is 0.591. The first-order valence-electron chi connectivity index (χ1n) is 7.14. The van der Waals surface area contributed by atoms with Crippen molar-refractivity contribution >= 4 is 63.5 Å². The fourth-order valence-corrected chi connectivity index (χ4v) is 3.84. The van der Waals surface area contributed by atoms with Gasteiger partial charge >= 0.3 is 0 Å². The van der Waals surface area contributed by atoms with E-state index >= 15 is 0 Å². The Morgan fingerprint density at radius 3 is 2.72 bits per heavy atom. The number of Topliss-reactive ketones (excluding diaryl/α,β-unsaturated/α-hetero) is 1. The highest BCUT2D eigenvalue weighted by atomic mass is 35.5. The summed E-state index contributed by atoms with van der Waals surface area (Å²) >= 11 is 13.3. The fraction of sp³-hybridized carbons (Fsp3) is 0.125. The van der Waals surface area contributed by atoms with Gasteiger partial charge in [-0.3, -0.25) is 14.4 Å². The molecule has 1 saturated heterocycles. The molecule has 1 aromatic carbocycles. The molecule has 1 fully saturated rings. The number of carbonyl (C=O) groups excluding carboxylic acids is 3. The van der Waals surface area contributed by atoms with E-state index in [9.17, 15) is 14.4 Å². The van der Waals surface area contributed by atoms with Crippen LogP contribution in [0.3, 0.4) is 0 Å². The predicted octanol–water partition coefficient (Wildman–Crippen LogP) is 3.18. The van der Waals surface area contributed by atoms with Crippen LogP contribution in [0.15, 0.2) is 40.9 Å². The number of ketones is 1. The van der Waals surface area contributed by atoms with E-state index in [4.69, 9.17) is 28.0 Å². The molecule has 3 heterocycles. The zero-order valence-electron chi connectivity index (χ0n) is 12.3. The van der Waals surface area contributed by atoms with Crippen molar-refractivity contribution in [3.8, 4) is 0 Å². The van der Waals surface area contributed by atoms with Crippen molar-refractivity contribution in [2.75, 3.05) is 4.90 Å². The maximum absolute atomic E-state index is 12.8. The lowest BCUT2D eigenvalue weighted by Gasteiger charge is -2.16. The highest BCUT2D eigenvalue weighted by molar-refractivity contribution is 7.13. The van der Waals surface area contributed by atoms with Crippen molar-refractivity contribution in [1.82, 2.24) is 0 Å². The Hall–Kier alpha value is -2.22. The summed E-state index contributed by atoms with van der Waals surface area (Å²) in [5, 5.41) is 5.94. The predicted molar refractivity (Wildman–Crippen MR) is 93.4 cm³/mol. The van der Waals surface area contributed by atoms with Crippen molar-refractivity contribution in [3.05, 3.63) is 50.6 Å². The van der Waals surface area contributed by atoms with Crippen LogP contribution >= 0.6 is 34.5 Å². The Morgan fingerprint density at radius 1 is 1.20 bits per heavy atom. The monoisotopic (exact) mass is 394 g/mol. The molecule has 2 aliphatic rings. The number of hydrogen-bond acceptors (Lipinski definition) is 6. The molecule has 0 aliphatic carbocycles. The molecule has 0 bridgehead atoms. The molecule has 25 heavy (non-hydrogen) atoms. The summed E-state index contributed by atoms with van der Waals surface area (Å²) in [5.74, 6) is -2.75. The van der Waals surface area contributed by atoms with Crippen LogP contribution in [-0.4, -0.2) is 29.4 Å². The van der Waals surface area contributed by atoms with Crippen molar-refractivity contribution in [3.63, 3.8) is 0 Å². The van der Waals surface area contributed by atoms with Crippen LogP contribution < -0.4 is 4.90 Å². The molecule has 9 heteroatoms. The van der Waals surface area contributed by atoms with Crippen molar-refractivity contribution in [1.29, 1.82) is 0 Å². The number of thiophene rings is 1. The first-order valence-corrected chi connectivity index (χ1v) is 8.77. The van der Waals surface area contributed by atoms with Crippen LogP contribution in [0.1, 0.15) is 9.67 Å². The smallest absolute Gasteiger partial charge is 0.279 e. The lowest BCUT2D eigenvalue weighted by Crippen LogP contribution is -2.34. The molecule has 4 rings (SSSR count). The molecular weight excluding hydrogens is 387 g/mol. The van der Waals surface area contributed by atoms with Crippen LogP contribution in [0.4, 0.5) is 5.69 Å². The molecule has 126 valence electrons. The average molecular weight is 395 g/mol. The Bertz CT molecular complexity index is 942. The van der Waals surface area contributed by atoms with Gasteiger partial charge in [0.1, 0.15) is 11.6 Å². The first kappa shape index (κ1) is 16.3. The van der Waals surface area contributed by atoms with Gasteiger partial charge in [0.2, 0.25) is 17.8 Å². The first-order chi connectivity index (χ1) is 12.0. The van der Waals surface area contributed by atoms with E-state index in [1.165, 1.54) is 23.5 Å². The van der Waals surface area contributed by atoms with E-state index in [2.05, 4.69) is 5.16 Å². The Balaban J connectivity index is 1.71. The molecular formula is C16H8Cl2N2O4S. The average Bonchev–Trinajstić information content (AvgIpc) is 3.30. The van der Waals surface area contributed by atoms with Gasteiger partial charge in [-0.2, -0.15) is 0 Å². The molecule has 1 aromatic heterocycles. The number of amides is 2. The largest absolute Gasteiger partial charge is 0.381 e. The van der Waals surface area contributed by atoms with Crippen LogP contribution in [0.5, 0.6) is 0 Å². The van der Waals surface area contributed by atoms with Gasteiger partial charge in [0.05, 0.1) is 15.6 Å². The Labute approximate surface area is 155 Å². The molecule has 6 nitrogen and oxygen atoms in total. The number of carbonyl (C=O) groups is 3. The van der Waals surface area contributed by atoms with Gasteiger partial charge in [-0.1, -0.05) is 34.4 Å². The minimum atomic E-state index is -1.17. The second-order valence-electron chi connectivity index (χ2n) is 5.39. The Morgan fingerprint density at radius 2 is 2.00 bits per heavy atom. The van der Waals surface area contributed by atoms with E-state index in [1.807, 2.05) is 0 Å². The van der Waals surface area contributed by atoms with E-state index in [0.29, 0.717) is 9.90 Å². The molecule has 2 atom stereocenters. The summed E-state index contributed by atoms with van der Waals surface area (Å²) in [4.78, 5) is 44.4. The number of halogens is 2. The second-order valence-corrected chi connectivity index (χ2v) is 7.19. The molecule has 2 aliphatic heterocycles. The van der Waals surface area contributed by atoms with Gasteiger partial charge in [0.15, 0.2) is 0 Å². The van der Waals surface area contributed by atoms with Crippen LogP contribution in [0.25, 0.3) is 0 Å². The number of oxime groups is 1. The highest BCUT2D eigenvalue weighted by Gasteiger charge is 2.57. The summed E-state index contributed by atoms with van der Waals surface area (Å²) in [6.07, 6.45) is -1.17. The zero-order chi connectivity index (χ0) is 17.7. The number of rotatable bonds is 3. The Kier molecular flexibility index (Phi) is 3.87. The van der Waals surface area contributed by atoms with Gasteiger partial charge in [0.25, 0.3) is 5.91 Å². The number of anilines is 1. The summed E-state index contributed by atoms with van der Waals surface area (Å²) < 4.78 is 0. The third-order valence-electron chi connectivity index (χ3n) is 3.94. The lowest BCUT2D eigenvalue weighted by atomic mass is 9.96. The second kappa shape index (κ2) is 5.94. The highest BCUT2D eigenvalue weighted by Crippen LogP contribution is 2.38. The molecule has 2 amide bonds. The van der Waals surface area contributed by atoms with Gasteiger partial charge in [0, 0.05) is 5.02 Å². The number of hydrogen-bond donors (Lipinski definition) is 0. The number of nitrogens with zero attached hydrogens (tertiary/aromatic N) is 2. The van der Waals surface area contributed by atoms with Crippen LogP contribution in [0.2, 0.25) is 10.0 Å². The summed E-state index contributed by atoms with van der Waals surface area (Å²) in [7, 11) is 0. The van der Waals surface area contributed by atoms with E-state index < -0.39 is 29.6 Å². The standard InChI is InChI=1S/C16H8Cl2N2O4S/c17-7-3-4-8(18)9(6-7)20-15(22)11-12(19-24-14(11)16(20)23)13(21)10-2-1-5-25-10/h1-6,11,14H/t11-,14-/m0/s1. The summed E-state index contributed by atoms with van der Waals surface area (Å²) in [5.41, 5.74) is 0.0801. The van der Waals surface area contributed by atoms with Crippen molar-refractivity contribution in [2.45, 2.75) is 6.10 Å². The SMILES string of the molecule is O=C(C1=NO[C@@H]2C(=O)N(c3cc(Cl)ccc3Cl)C(=O)[C@@H]12)c1cccs1. The molecule has 0 spiro atoms. The van der Waals surface area contributed by atoms with Crippen LogP contribution in [-0.2, 0) is 14.4 Å². The maximum Gasteiger partial charge on any atom is 0.279 e. The van der Waals surface area contributed by atoms with E-state index in [1.54, 1.807) is 23.6 Å². The number of benzene rings is 1. The van der Waals surface area contributed by atoms with Gasteiger partial charge in [-0.25, -0.2) is 4.90 Å². The van der Waals surface area contributed by atoms with E-state index in [0.717, 1.165) is 4.90 Å². The number of fused-ring (bicyclic) bond motifs is 1. The molecule has 0 unspecified atom stereocenters. The van der Waals surface area contributed by atoms with Crippen molar-refractivity contribution in [2.24, 2.45) is 11.1 Å². The summed E-state index contributed by atoms with van der Waals surface area (Å²) in [6.45, 7) is 0. The normalized spacial score (nSPS) is 22.0. The molecule has 2 aromatic rings. The summed E-state index contributed by atoms with van der Waals surface area (Å²) in [6, 6.07) is 7.78. The van der Waals surface area contributed by atoms with Gasteiger partial charge < -0.3 is 4.84 Å². The number of imide groups is 1.